The topological polar surface area (TPSA) is 78.7 Å². The summed E-state index contributed by atoms with van der Waals surface area (Å²) in [6.45, 7) is 3.55. The van der Waals surface area contributed by atoms with Crippen molar-refractivity contribution in [3.8, 4) is 6.07 Å². The molecule has 1 N–H and O–H groups in total. The number of nitrogens with one attached hydrogen (secondary N) is 1. The molecule has 2 aromatic rings. The fraction of sp³-hybridized carbons (Fsp3) is 0.286. The number of benzene rings is 1. The van der Waals surface area contributed by atoms with Crippen LogP contribution >= 0.6 is 0 Å². The van der Waals surface area contributed by atoms with Gasteiger partial charge in [-0.1, -0.05) is 13.0 Å². The Morgan fingerprint density at radius 3 is 2.84 bits per heavy atom. The summed E-state index contributed by atoms with van der Waals surface area (Å²) in [7, 11) is 0. The molecule has 1 heterocycles. The van der Waals surface area contributed by atoms with Crippen LogP contribution in [0.25, 0.3) is 11.0 Å². The predicted molar refractivity (Wildman–Crippen MR) is 71.3 cm³/mol. The van der Waals surface area contributed by atoms with E-state index in [0.29, 0.717) is 23.0 Å². The van der Waals surface area contributed by atoms with E-state index in [0.717, 1.165) is 0 Å². The van der Waals surface area contributed by atoms with E-state index >= 15 is 0 Å². The molecule has 5 heteroatoms. The molecule has 96 valence electrons. The fourth-order valence-electron chi connectivity index (χ4n) is 1.69. The summed E-state index contributed by atoms with van der Waals surface area (Å²) in [4.78, 5) is 20.6. The molecule has 0 aliphatic heterocycles. The number of amides is 1. The van der Waals surface area contributed by atoms with Crippen molar-refractivity contribution in [1.29, 1.82) is 5.26 Å². The summed E-state index contributed by atoms with van der Waals surface area (Å²) in [5.74, 6) is -0.308. The minimum Gasteiger partial charge on any atom is -0.334 e. The van der Waals surface area contributed by atoms with Gasteiger partial charge in [0.05, 0.1) is 17.1 Å². The SMILES string of the molecule is CCC(C)(C#N)NC(=O)c1cccc2nccnc12. The molecule has 0 spiro atoms. The third kappa shape index (κ3) is 2.52. The van der Waals surface area contributed by atoms with Gasteiger partial charge in [-0.2, -0.15) is 5.26 Å². The first kappa shape index (κ1) is 13.0. The minimum absolute atomic E-state index is 0.308. The summed E-state index contributed by atoms with van der Waals surface area (Å²) >= 11 is 0. The Balaban J connectivity index is 2.40. The standard InChI is InChI=1S/C14H14N4O/c1-3-14(2,9-15)18-13(19)10-5-4-6-11-12(10)17-8-7-16-11/h4-8H,3H2,1-2H3,(H,18,19). The van der Waals surface area contributed by atoms with Gasteiger partial charge in [-0.15, -0.1) is 0 Å². The van der Waals surface area contributed by atoms with Crippen LogP contribution in [0.1, 0.15) is 30.6 Å². The zero-order valence-electron chi connectivity index (χ0n) is 10.8. The number of nitriles is 1. The Kier molecular flexibility index (Phi) is 3.43. The lowest BCUT2D eigenvalue weighted by Gasteiger charge is -2.21. The Morgan fingerprint density at radius 1 is 1.42 bits per heavy atom. The maximum absolute atomic E-state index is 12.3. The first-order valence-corrected chi connectivity index (χ1v) is 6.03. The molecule has 5 nitrogen and oxygen atoms in total. The van der Waals surface area contributed by atoms with Crippen molar-refractivity contribution in [3.05, 3.63) is 36.2 Å². The van der Waals surface area contributed by atoms with Crippen LogP contribution in [0.15, 0.2) is 30.6 Å². The number of hydrogen-bond acceptors (Lipinski definition) is 4. The molecular weight excluding hydrogens is 240 g/mol. The molecule has 1 aromatic heterocycles. The summed E-state index contributed by atoms with van der Waals surface area (Å²) < 4.78 is 0. The van der Waals surface area contributed by atoms with Gasteiger partial charge in [0.2, 0.25) is 0 Å². The van der Waals surface area contributed by atoms with Gasteiger partial charge in [0.15, 0.2) is 0 Å². The average molecular weight is 254 g/mol. The number of fused-ring (bicyclic) bond motifs is 1. The highest BCUT2D eigenvalue weighted by molar-refractivity contribution is 6.05. The average Bonchev–Trinajstić information content (AvgIpc) is 2.46. The van der Waals surface area contributed by atoms with E-state index in [1.165, 1.54) is 0 Å². The number of carbonyl (C=O) groups excluding carboxylic acids is 1. The van der Waals surface area contributed by atoms with E-state index in [9.17, 15) is 4.79 Å². The third-order valence-electron chi connectivity index (χ3n) is 3.09. The second-order valence-electron chi connectivity index (χ2n) is 4.48. The van der Waals surface area contributed by atoms with Crippen LogP contribution in [-0.4, -0.2) is 21.4 Å². The summed E-state index contributed by atoms with van der Waals surface area (Å²) in [6, 6.07) is 7.33. The Labute approximate surface area is 111 Å². The summed E-state index contributed by atoms with van der Waals surface area (Å²) in [5.41, 5.74) is 0.756. The van der Waals surface area contributed by atoms with Gasteiger partial charge in [-0.3, -0.25) is 14.8 Å². The zero-order valence-corrected chi connectivity index (χ0v) is 10.8. The van der Waals surface area contributed by atoms with Crippen LogP contribution in [0.3, 0.4) is 0 Å². The van der Waals surface area contributed by atoms with E-state index in [4.69, 9.17) is 5.26 Å². The molecule has 0 fully saturated rings. The second-order valence-corrected chi connectivity index (χ2v) is 4.48. The van der Waals surface area contributed by atoms with E-state index < -0.39 is 5.54 Å². The van der Waals surface area contributed by atoms with E-state index in [1.807, 2.05) is 6.92 Å². The van der Waals surface area contributed by atoms with Gasteiger partial charge in [0.25, 0.3) is 5.91 Å². The molecule has 0 aliphatic rings. The van der Waals surface area contributed by atoms with E-state index in [-0.39, 0.29) is 5.91 Å². The minimum atomic E-state index is -0.874. The molecule has 2 rings (SSSR count). The van der Waals surface area contributed by atoms with Crippen molar-refractivity contribution < 1.29 is 4.79 Å². The summed E-state index contributed by atoms with van der Waals surface area (Å²) in [5, 5.41) is 11.8. The molecule has 0 bridgehead atoms. The van der Waals surface area contributed by atoms with Gasteiger partial charge < -0.3 is 5.32 Å². The number of carbonyl (C=O) groups is 1. The Hall–Kier alpha value is -2.48. The quantitative estimate of drug-likeness (QED) is 0.909. The molecule has 1 aromatic carbocycles. The molecule has 1 unspecified atom stereocenters. The number of hydrogen-bond donors (Lipinski definition) is 1. The van der Waals surface area contributed by atoms with Crippen LogP contribution < -0.4 is 5.32 Å². The van der Waals surface area contributed by atoms with Crippen LogP contribution in [0, 0.1) is 11.3 Å². The van der Waals surface area contributed by atoms with Crippen LogP contribution in [0.5, 0.6) is 0 Å². The lowest BCUT2D eigenvalue weighted by molar-refractivity contribution is 0.0924. The number of aromatic nitrogens is 2. The number of rotatable bonds is 3. The van der Waals surface area contributed by atoms with Crippen LogP contribution in [0.4, 0.5) is 0 Å². The molecule has 0 radical (unpaired) electrons. The van der Waals surface area contributed by atoms with Gasteiger partial charge in [0.1, 0.15) is 11.1 Å². The van der Waals surface area contributed by atoms with Gasteiger partial charge in [-0.25, -0.2) is 0 Å². The fourth-order valence-corrected chi connectivity index (χ4v) is 1.69. The first-order chi connectivity index (χ1) is 9.09. The maximum Gasteiger partial charge on any atom is 0.254 e. The molecule has 0 saturated carbocycles. The molecule has 19 heavy (non-hydrogen) atoms. The largest absolute Gasteiger partial charge is 0.334 e. The van der Waals surface area contributed by atoms with Crippen molar-refractivity contribution in [2.24, 2.45) is 0 Å². The number of nitrogens with zero attached hydrogens (tertiary/aromatic N) is 3. The normalized spacial score (nSPS) is 13.5. The van der Waals surface area contributed by atoms with Crippen molar-refractivity contribution in [1.82, 2.24) is 15.3 Å². The zero-order chi connectivity index (χ0) is 13.9. The van der Waals surface area contributed by atoms with Gasteiger partial charge >= 0.3 is 0 Å². The van der Waals surface area contributed by atoms with Crippen molar-refractivity contribution >= 4 is 16.9 Å². The van der Waals surface area contributed by atoms with Crippen molar-refractivity contribution in [3.63, 3.8) is 0 Å². The maximum atomic E-state index is 12.3. The van der Waals surface area contributed by atoms with Crippen LogP contribution in [-0.2, 0) is 0 Å². The molecular formula is C14H14N4O. The smallest absolute Gasteiger partial charge is 0.254 e. The number of para-hydroxylation sites is 1. The van der Waals surface area contributed by atoms with Gasteiger partial charge in [0, 0.05) is 12.4 Å². The highest BCUT2D eigenvalue weighted by Gasteiger charge is 2.25. The highest BCUT2D eigenvalue weighted by atomic mass is 16.1. The Morgan fingerprint density at radius 2 is 2.16 bits per heavy atom. The first-order valence-electron chi connectivity index (χ1n) is 6.03. The molecule has 0 aliphatic carbocycles. The van der Waals surface area contributed by atoms with E-state index in [1.54, 1.807) is 37.5 Å². The third-order valence-corrected chi connectivity index (χ3v) is 3.09. The second kappa shape index (κ2) is 5.02. The highest BCUT2D eigenvalue weighted by Crippen LogP contribution is 2.15. The Bertz CT molecular complexity index is 657. The molecule has 1 amide bonds. The molecule has 0 saturated heterocycles. The van der Waals surface area contributed by atoms with Crippen molar-refractivity contribution in [2.45, 2.75) is 25.8 Å². The van der Waals surface area contributed by atoms with Crippen molar-refractivity contribution in [2.75, 3.05) is 0 Å². The van der Waals surface area contributed by atoms with Gasteiger partial charge in [-0.05, 0) is 25.5 Å². The molecule has 1 atom stereocenters. The predicted octanol–water partition coefficient (Wildman–Crippen LogP) is 2.05. The lowest BCUT2D eigenvalue weighted by Crippen LogP contribution is -2.44. The van der Waals surface area contributed by atoms with Crippen LogP contribution in [0.2, 0.25) is 0 Å². The summed E-state index contributed by atoms with van der Waals surface area (Å²) in [6.07, 6.45) is 3.66. The monoisotopic (exact) mass is 254 g/mol. The van der Waals surface area contributed by atoms with E-state index in [2.05, 4.69) is 21.4 Å². The lowest BCUT2D eigenvalue weighted by atomic mass is 10.0.